The van der Waals surface area contributed by atoms with Gasteiger partial charge in [-0.05, 0) is 17.4 Å². The van der Waals surface area contributed by atoms with Gasteiger partial charge in [0, 0.05) is 4.88 Å². The van der Waals surface area contributed by atoms with E-state index in [1.165, 1.54) is 17.4 Å². The van der Waals surface area contributed by atoms with Crippen LogP contribution in [0, 0.1) is 5.92 Å². The van der Waals surface area contributed by atoms with E-state index in [2.05, 4.69) is 0 Å². The van der Waals surface area contributed by atoms with Crippen molar-refractivity contribution in [2.45, 2.75) is 26.4 Å². The lowest BCUT2D eigenvalue weighted by Crippen LogP contribution is -2.10. The molecule has 0 aliphatic carbocycles. The van der Waals surface area contributed by atoms with E-state index in [0.29, 0.717) is 4.88 Å². The fraction of sp³-hybridized carbons (Fsp3) is 0.500. The molecule has 0 saturated carbocycles. The number of hydrogen-bond donors (Lipinski definition) is 2. The van der Waals surface area contributed by atoms with Crippen LogP contribution in [0.15, 0.2) is 11.4 Å². The van der Waals surface area contributed by atoms with Crippen LogP contribution in [-0.4, -0.2) is 16.2 Å². The number of rotatable bonds is 4. The van der Waals surface area contributed by atoms with Gasteiger partial charge in [-0.1, -0.05) is 20.3 Å². The minimum absolute atomic E-state index is 0.0896. The molecule has 0 aromatic carbocycles. The normalized spacial score (nSPS) is 15.1. The van der Waals surface area contributed by atoms with Crippen LogP contribution >= 0.6 is 11.3 Å². The molecule has 78 valence electrons. The number of carbonyl (C=O) groups is 1. The fourth-order valence-corrected chi connectivity index (χ4v) is 2.21. The van der Waals surface area contributed by atoms with E-state index < -0.39 is 12.1 Å². The van der Waals surface area contributed by atoms with E-state index in [-0.39, 0.29) is 11.5 Å². The Morgan fingerprint density at radius 3 is 2.79 bits per heavy atom. The van der Waals surface area contributed by atoms with Crippen molar-refractivity contribution < 1.29 is 15.0 Å². The Labute approximate surface area is 87.0 Å². The maximum absolute atomic E-state index is 10.8. The Morgan fingerprint density at radius 1 is 1.64 bits per heavy atom. The summed E-state index contributed by atoms with van der Waals surface area (Å²) in [6.07, 6.45) is 0.170. The van der Waals surface area contributed by atoms with Gasteiger partial charge in [-0.2, -0.15) is 0 Å². The SMILES string of the molecule is CCC(C)C(O)c1sccc1C(=O)O. The molecule has 0 bridgehead atoms. The first-order chi connectivity index (χ1) is 6.57. The number of aliphatic hydroxyl groups excluding tert-OH is 1. The Balaban J connectivity index is 2.94. The molecule has 0 amide bonds. The smallest absolute Gasteiger partial charge is 0.336 e. The van der Waals surface area contributed by atoms with Crippen LogP contribution in [0.4, 0.5) is 0 Å². The third-order valence-electron chi connectivity index (χ3n) is 2.38. The molecule has 2 unspecified atom stereocenters. The number of aromatic carboxylic acids is 1. The zero-order valence-electron chi connectivity index (χ0n) is 8.23. The Kier molecular flexibility index (Phi) is 3.66. The van der Waals surface area contributed by atoms with Gasteiger partial charge >= 0.3 is 5.97 Å². The van der Waals surface area contributed by atoms with Crippen molar-refractivity contribution in [3.05, 3.63) is 21.9 Å². The summed E-state index contributed by atoms with van der Waals surface area (Å²) < 4.78 is 0. The van der Waals surface area contributed by atoms with Gasteiger partial charge in [-0.25, -0.2) is 4.79 Å². The minimum Gasteiger partial charge on any atom is -0.478 e. The highest BCUT2D eigenvalue weighted by Gasteiger charge is 2.22. The van der Waals surface area contributed by atoms with Crippen LogP contribution in [0.2, 0.25) is 0 Å². The second-order valence-electron chi connectivity index (χ2n) is 3.33. The van der Waals surface area contributed by atoms with Crippen molar-refractivity contribution in [3.63, 3.8) is 0 Å². The molecule has 0 saturated heterocycles. The van der Waals surface area contributed by atoms with Gasteiger partial charge in [0.25, 0.3) is 0 Å². The zero-order valence-corrected chi connectivity index (χ0v) is 9.04. The lowest BCUT2D eigenvalue weighted by molar-refractivity contribution is 0.0682. The maximum Gasteiger partial charge on any atom is 0.336 e. The van der Waals surface area contributed by atoms with Crippen LogP contribution in [0.25, 0.3) is 0 Å². The molecule has 0 fully saturated rings. The highest BCUT2D eigenvalue weighted by Crippen LogP contribution is 2.31. The van der Waals surface area contributed by atoms with Crippen molar-refractivity contribution in [1.29, 1.82) is 0 Å². The first kappa shape index (κ1) is 11.2. The minimum atomic E-state index is -0.969. The largest absolute Gasteiger partial charge is 0.478 e. The summed E-state index contributed by atoms with van der Waals surface area (Å²) in [5, 5.41) is 20.4. The first-order valence-corrected chi connectivity index (χ1v) is 5.44. The van der Waals surface area contributed by atoms with Gasteiger partial charge in [0.1, 0.15) is 0 Å². The predicted molar refractivity (Wildman–Crippen MR) is 55.7 cm³/mol. The molecule has 1 heterocycles. The molecular weight excluding hydrogens is 200 g/mol. The third-order valence-corrected chi connectivity index (χ3v) is 3.36. The van der Waals surface area contributed by atoms with Crippen molar-refractivity contribution in [1.82, 2.24) is 0 Å². The molecule has 2 N–H and O–H groups in total. The highest BCUT2D eigenvalue weighted by molar-refractivity contribution is 7.10. The van der Waals surface area contributed by atoms with E-state index in [0.717, 1.165) is 6.42 Å². The zero-order chi connectivity index (χ0) is 10.7. The summed E-state index contributed by atoms with van der Waals surface area (Å²) in [5.74, 6) is -0.879. The van der Waals surface area contributed by atoms with Crippen molar-refractivity contribution in [3.8, 4) is 0 Å². The van der Waals surface area contributed by atoms with Gasteiger partial charge < -0.3 is 10.2 Å². The van der Waals surface area contributed by atoms with Gasteiger partial charge in [0.2, 0.25) is 0 Å². The van der Waals surface area contributed by atoms with E-state index in [1.807, 2.05) is 13.8 Å². The summed E-state index contributed by atoms with van der Waals surface area (Å²) in [4.78, 5) is 11.4. The van der Waals surface area contributed by atoms with Gasteiger partial charge in [-0.15, -0.1) is 11.3 Å². The van der Waals surface area contributed by atoms with Crippen LogP contribution in [-0.2, 0) is 0 Å². The molecule has 4 heteroatoms. The summed E-state index contributed by atoms with van der Waals surface area (Å²) in [6, 6.07) is 1.54. The van der Waals surface area contributed by atoms with Crippen LogP contribution < -0.4 is 0 Å². The number of hydrogen-bond acceptors (Lipinski definition) is 3. The molecule has 3 nitrogen and oxygen atoms in total. The van der Waals surface area contributed by atoms with Crippen molar-refractivity contribution in [2.24, 2.45) is 5.92 Å². The lowest BCUT2D eigenvalue weighted by Gasteiger charge is -2.16. The fourth-order valence-electron chi connectivity index (χ4n) is 1.21. The van der Waals surface area contributed by atoms with Crippen molar-refractivity contribution in [2.75, 3.05) is 0 Å². The first-order valence-electron chi connectivity index (χ1n) is 4.56. The second kappa shape index (κ2) is 4.57. The van der Waals surface area contributed by atoms with Gasteiger partial charge in [0.05, 0.1) is 11.7 Å². The summed E-state index contributed by atoms with van der Waals surface area (Å²) in [7, 11) is 0. The average Bonchev–Trinajstić information content (AvgIpc) is 2.63. The number of thiophene rings is 1. The number of aliphatic hydroxyl groups is 1. The van der Waals surface area contributed by atoms with Gasteiger partial charge in [0.15, 0.2) is 0 Å². The molecule has 14 heavy (non-hydrogen) atoms. The van der Waals surface area contributed by atoms with E-state index in [1.54, 1.807) is 5.38 Å². The molecule has 1 rings (SSSR count). The Bertz CT molecular complexity index is 319. The molecule has 0 aliphatic rings. The maximum atomic E-state index is 10.8. The van der Waals surface area contributed by atoms with Crippen molar-refractivity contribution >= 4 is 17.3 Å². The predicted octanol–water partition coefficient (Wildman–Crippen LogP) is 2.53. The number of carboxylic acids is 1. The molecule has 1 aromatic heterocycles. The molecule has 0 radical (unpaired) electrons. The standard InChI is InChI=1S/C10H14O3S/c1-3-6(2)8(11)9-7(10(12)13)4-5-14-9/h4-6,8,11H,3H2,1-2H3,(H,12,13). The molecule has 2 atom stereocenters. The Hall–Kier alpha value is -0.870. The highest BCUT2D eigenvalue weighted by atomic mass is 32.1. The van der Waals surface area contributed by atoms with Crippen LogP contribution in [0.1, 0.15) is 41.6 Å². The molecule has 0 aliphatic heterocycles. The summed E-state index contributed by atoms with van der Waals surface area (Å²) in [5.41, 5.74) is 0.225. The Morgan fingerprint density at radius 2 is 2.29 bits per heavy atom. The molecule has 0 spiro atoms. The second-order valence-corrected chi connectivity index (χ2v) is 4.28. The number of carboxylic acid groups (broad SMARTS) is 1. The van der Waals surface area contributed by atoms with E-state index >= 15 is 0 Å². The van der Waals surface area contributed by atoms with Crippen LogP contribution in [0.5, 0.6) is 0 Å². The van der Waals surface area contributed by atoms with E-state index in [4.69, 9.17) is 5.11 Å². The van der Waals surface area contributed by atoms with Gasteiger partial charge in [-0.3, -0.25) is 0 Å². The third kappa shape index (κ3) is 2.13. The summed E-state index contributed by atoms with van der Waals surface area (Å²) >= 11 is 1.30. The topological polar surface area (TPSA) is 57.5 Å². The molecular formula is C10H14O3S. The molecule has 1 aromatic rings. The summed E-state index contributed by atoms with van der Waals surface area (Å²) in [6.45, 7) is 3.89. The lowest BCUT2D eigenvalue weighted by atomic mass is 9.99. The average molecular weight is 214 g/mol. The van der Waals surface area contributed by atoms with E-state index in [9.17, 15) is 9.90 Å². The van der Waals surface area contributed by atoms with Crippen LogP contribution in [0.3, 0.4) is 0 Å². The monoisotopic (exact) mass is 214 g/mol. The quantitative estimate of drug-likeness (QED) is 0.809.